The van der Waals surface area contributed by atoms with E-state index in [1.54, 1.807) is 6.07 Å². The molecule has 0 aliphatic rings. The zero-order chi connectivity index (χ0) is 19.7. The molecule has 142 valence electrons. The molecule has 4 aromatic rings. The lowest BCUT2D eigenvalue weighted by Gasteiger charge is -2.19. The molecule has 0 spiro atoms. The highest BCUT2D eigenvalue weighted by Gasteiger charge is 2.21. The van der Waals surface area contributed by atoms with E-state index in [0.29, 0.717) is 17.7 Å². The van der Waals surface area contributed by atoms with Crippen LogP contribution in [0.25, 0.3) is 11.0 Å². The molecule has 5 nitrogen and oxygen atoms in total. The maximum Gasteiger partial charge on any atom is 0.255 e. The Hall–Kier alpha value is -3.34. The van der Waals surface area contributed by atoms with Gasteiger partial charge in [-0.1, -0.05) is 42.5 Å². The number of aromatic nitrogens is 2. The fourth-order valence-corrected chi connectivity index (χ4v) is 3.59. The predicted octanol–water partition coefficient (Wildman–Crippen LogP) is 4.50. The van der Waals surface area contributed by atoms with E-state index in [9.17, 15) is 4.79 Å². The number of hydrogen-bond acceptors (Lipinski definition) is 3. The summed E-state index contributed by atoms with van der Waals surface area (Å²) in [6.07, 6.45) is 0.594. The van der Waals surface area contributed by atoms with Gasteiger partial charge in [-0.3, -0.25) is 4.79 Å². The average Bonchev–Trinajstić information content (AvgIpc) is 3.21. The Morgan fingerprint density at radius 1 is 1.11 bits per heavy atom. The van der Waals surface area contributed by atoms with Gasteiger partial charge >= 0.3 is 0 Å². The third kappa shape index (κ3) is 3.43. The number of carbonyl (C=O) groups is 1. The largest absolute Gasteiger partial charge is 0.466 e. The topological polar surface area (TPSA) is 60.1 Å². The first kappa shape index (κ1) is 18.0. The standard InChI is InChI=1S/C23H23N3O2/c1-15-13-18(16(2)28-15)23(27)25-20(17-9-5-4-6-10-17)14-22-24-19-11-7-8-12-21(19)26(22)3/h4-13,20H,14H2,1-3H3,(H,25,27)/t20-/m0/s1. The highest BCUT2D eigenvalue weighted by Crippen LogP contribution is 2.23. The van der Waals surface area contributed by atoms with Crippen LogP contribution >= 0.6 is 0 Å². The van der Waals surface area contributed by atoms with Crippen LogP contribution in [0.2, 0.25) is 0 Å². The summed E-state index contributed by atoms with van der Waals surface area (Å²) in [5.74, 6) is 2.15. The third-order valence-electron chi connectivity index (χ3n) is 5.06. The van der Waals surface area contributed by atoms with Crippen LogP contribution in [0, 0.1) is 13.8 Å². The number of nitrogens with zero attached hydrogens (tertiary/aromatic N) is 2. The Morgan fingerprint density at radius 2 is 1.82 bits per heavy atom. The Morgan fingerprint density at radius 3 is 2.50 bits per heavy atom. The fourth-order valence-electron chi connectivity index (χ4n) is 3.59. The number of imidazole rings is 1. The van der Waals surface area contributed by atoms with Crippen LogP contribution in [-0.4, -0.2) is 15.5 Å². The lowest BCUT2D eigenvalue weighted by molar-refractivity contribution is 0.0934. The number of nitrogens with one attached hydrogen (secondary N) is 1. The van der Waals surface area contributed by atoms with E-state index in [4.69, 9.17) is 9.40 Å². The van der Waals surface area contributed by atoms with Gasteiger partial charge in [0.05, 0.1) is 22.6 Å². The van der Waals surface area contributed by atoms with E-state index >= 15 is 0 Å². The van der Waals surface area contributed by atoms with E-state index in [0.717, 1.165) is 28.2 Å². The van der Waals surface area contributed by atoms with Crippen molar-refractivity contribution < 1.29 is 9.21 Å². The highest BCUT2D eigenvalue weighted by molar-refractivity contribution is 5.95. The molecule has 1 atom stereocenters. The van der Waals surface area contributed by atoms with Gasteiger partial charge in [-0.2, -0.15) is 0 Å². The minimum Gasteiger partial charge on any atom is -0.466 e. The second-order valence-corrected chi connectivity index (χ2v) is 7.04. The zero-order valence-corrected chi connectivity index (χ0v) is 16.3. The van der Waals surface area contributed by atoms with Crippen molar-refractivity contribution in [3.8, 4) is 0 Å². The molecule has 1 amide bonds. The van der Waals surface area contributed by atoms with Crippen molar-refractivity contribution in [3.05, 3.63) is 89.1 Å². The number of para-hydroxylation sites is 2. The first-order valence-corrected chi connectivity index (χ1v) is 9.36. The number of fused-ring (bicyclic) bond motifs is 1. The van der Waals surface area contributed by atoms with Crippen LogP contribution in [0.1, 0.15) is 39.3 Å². The molecular weight excluding hydrogens is 350 g/mol. The number of amides is 1. The van der Waals surface area contributed by atoms with Crippen molar-refractivity contribution in [2.75, 3.05) is 0 Å². The van der Waals surface area contributed by atoms with Crippen molar-refractivity contribution in [2.24, 2.45) is 7.05 Å². The molecule has 0 fully saturated rings. The van der Waals surface area contributed by atoms with E-state index in [1.165, 1.54) is 0 Å². The van der Waals surface area contributed by atoms with Crippen LogP contribution in [-0.2, 0) is 13.5 Å². The molecular formula is C23H23N3O2. The second-order valence-electron chi connectivity index (χ2n) is 7.04. The Kier molecular flexibility index (Phi) is 4.74. The maximum atomic E-state index is 12.9. The quantitative estimate of drug-likeness (QED) is 0.560. The number of benzene rings is 2. The van der Waals surface area contributed by atoms with Crippen LogP contribution < -0.4 is 5.32 Å². The fraction of sp³-hybridized carbons (Fsp3) is 0.217. The van der Waals surface area contributed by atoms with Gasteiger partial charge in [0.1, 0.15) is 17.3 Å². The molecule has 5 heteroatoms. The SMILES string of the molecule is Cc1cc(C(=O)N[C@@H](Cc2nc3ccccc3n2C)c2ccccc2)c(C)o1. The average molecular weight is 373 g/mol. The van der Waals surface area contributed by atoms with Gasteiger partial charge in [0.15, 0.2) is 0 Å². The Balaban J connectivity index is 1.67. The monoisotopic (exact) mass is 373 g/mol. The minimum absolute atomic E-state index is 0.137. The molecule has 4 rings (SSSR count). The number of furan rings is 1. The molecule has 0 saturated carbocycles. The first-order chi connectivity index (χ1) is 13.5. The summed E-state index contributed by atoms with van der Waals surface area (Å²) < 4.78 is 7.61. The summed E-state index contributed by atoms with van der Waals surface area (Å²) in [5, 5.41) is 3.17. The van der Waals surface area contributed by atoms with Gasteiger partial charge < -0.3 is 14.3 Å². The smallest absolute Gasteiger partial charge is 0.255 e. The Labute approximate surface area is 164 Å². The van der Waals surface area contributed by atoms with Gasteiger partial charge in [-0.25, -0.2) is 4.98 Å². The van der Waals surface area contributed by atoms with Crippen molar-refractivity contribution in [1.82, 2.24) is 14.9 Å². The van der Waals surface area contributed by atoms with Gasteiger partial charge in [0.25, 0.3) is 5.91 Å². The van der Waals surface area contributed by atoms with Crippen molar-refractivity contribution >= 4 is 16.9 Å². The number of aryl methyl sites for hydroxylation is 3. The van der Waals surface area contributed by atoms with Crippen molar-refractivity contribution in [2.45, 2.75) is 26.3 Å². The molecule has 0 saturated heterocycles. The zero-order valence-electron chi connectivity index (χ0n) is 16.3. The number of carbonyl (C=O) groups excluding carboxylic acids is 1. The molecule has 2 aromatic carbocycles. The van der Waals surface area contributed by atoms with Crippen LogP contribution in [0.3, 0.4) is 0 Å². The van der Waals surface area contributed by atoms with E-state index in [2.05, 4.69) is 16.0 Å². The summed E-state index contributed by atoms with van der Waals surface area (Å²) >= 11 is 0. The van der Waals surface area contributed by atoms with Crippen LogP contribution in [0.4, 0.5) is 0 Å². The summed E-state index contributed by atoms with van der Waals surface area (Å²) in [4.78, 5) is 17.7. The molecule has 0 bridgehead atoms. The van der Waals surface area contributed by atoms with Crippen molar-refractivity contribution in [1.29, 1.82) is 0 Å². The van der Waals surface area contributed by atoms with E-state index in [1.807, 2.05) is 69.4 Å². The van der Waals surface area contributed by atoms with Crippen molar-refractivity contribution in [3.63, 3.8) is 0 Å². The molecule has 0 unspecified atom stereocenters. The lowest BCUT2D eigenvalue weighted by Crippen LogP contribution is -2.30. The summed E-state index contributed by atoms with van der Waals surface area (Å²) in [7, 11) is 2.01. The molecule has 0 aliphatic carbocycles. The maximum absolute atomic E-state index is 12.9. The molecule has 0 radical (unpaired) electrons. The van der Waals surface area contributed by atoms with Crippen LogP contribution in [0.15, 0.2) is 65.1 Å². The normalized spacial score (nSPS) is 12.2. The number of rotatable bonds is 5. The molecule has 1 N–H and O–H groups in total. The van der Waals surface area contributed by atoms with Gasteiger partial charge in [0.2, 0.25) is 0 Å². The van der Waals surface area contributed by atoms with E-state index in [-0.39, 0.29) is 11.9 Å². The van der Waals surface area contributed by atoms with Gasteiger partial charge in [-0.05, 0) is 37.6 Å². The minimum atomic E-state index is -0.196. The molecule has 2 aromatic heterocycles. The molecule has 2 heterocycles. The molecule has 0 aliphatic heterocycles. The first-order valence-electron chi connectivity index (χ1n) is 9.36. The Bertz CT molecular complexity index is 1130. The van der Waals surface area contributed by atoms with Gasteiger partial charge in [-0.15, -0.1) is 0 Å². The third-order valence-corrected chi connectivity index (χ3v) is 5.06. The summed E-state index contributed by atoms with van der Waals surface area (Å²) in [6.45, 7) is 3.66. The van der Waals surface area contributed by atoms with Gasteiger partial charge in [0, 0.05) is 13.5 Å². The summed E-state index contributed by atoms with van der Waals surface area (Å²) in [5.41, 5.74) is 3.65. The summed E-state index contributed by atoms with van der Waals surface area (Å²) in [6, 6.07) is 19.6. The van der Waals surface area contributed by atoms with Crippen LogP contribution in [0.5, 0.6) is 0 Å². The van der Waals surface area contributed by atoms with E-state index < -0.39 is 0 Å². The number of hydrogen-bond donors (Lipinski definition) is 1. The lowest BCUT2D eigenvalue weighted by atomic mass is 10.0. The highest BCUT2D eigenvalue weighted by atomic mass is 16.3. The molecule has 28 heavy (non-hydrogen) atoms. The predicted molar refractivity (Wildman–Crippen MR) is 109 cm³/mol. The second kappa shape index (κ2) is 7.35.